The van der Waals surface area contributed by atoms with Gasteiger partial charge in [-0.2, -0.15) is 0 Å². The maximum Gasteiger partial charge on any atom is 0.242 e. The van der Waals surface area contributed by atoms with Crippen LogP contribution in [-0.2, 0) is 22.4 Å². The summed E-state index contributed by atoms with van der Waals surface area (Å²) in [4.78, 5) is 23.7. The van der Waals surface area contributed by atoms with E-state index in [1.54, 1.807) is 19.2 Å². The lowest BCUT2D eigenvalue weighted by atomic mass is 10.1. The molecule has 0 heterocycles. The van der Waals surface area contributed by atoms with Crippen molar-refractivity contribution in [3.8, 4) is 5.75 Å². The SMILES string of the molecule is COc1ccc(CC(=O)NNC(=O)Cc2ccccc2C)cc1. The van der Waals surface area contributed by atoms with Gasteiger partial charge in [0, 0.05) is 0 Å². The highest BCUT2D eigenvalue weighted by Gasteiger charge is 2.08. The molecule has 0 spiro atoms. The van der Waals surface area contributed by atoms with Gasteiger partial charge in [0.2, 0.25) is 11.8 Å². The smallest absolute Gasteiger partial charge is 0.242 e. The number of carbonyl (C=O) groups excluding carboxylic acids is 2. The molecule has 0 radical (unpaired) electrons. The summed E-state index contributed by atoms with van der Waals surface area (Å²) in [5.74, 6) is 0.219. The monoisotopic (exact) mass is 312 g/mol. The van der Waals surface area contributed by atoms with Crippen molar-refractivity contribution >= 4 is 11.8 Å². The van der Waals surface area contributed by atoms with Crippen LogP contribution in [0.2, 0.25) is 0 Å². The van der Waals surface area contributed by atoms with Gasteiger partial charge in [-0.3, -0.25) is 20.4 Å². The van der Waals surface area contributed by atoms with E-state index in [1.165, 1.54) is 0 Å². The third-order valence-electron chi connectivity index (χ3n) is 3.48. The minimum atomic E-state index is -0.270. The fourth-order valence-corrected chi connectivity index (χ4v) is 2.14. The first-order valence-corrected chi connectivity index (χ1v) is 7.33. The van der Waals surface area contributed by atoms with Crippen molar-refractivity contribution in [2.24, 2.45) is 0 Å². The van der Waals surface area contributed by atoms with E-state index in [-0.39, 0.29) is 24.7 Å². The molecule has 0 aromatic heterocycles. The Morgan fingerprint density at radius 1 is 0.913 bits per heavy atom. The first kappa shape index (κ1) is 16.5. The molecule has 0 unspecified atom stereocenters. The molecule has 2 amide bonds. The Hall–Kier alpha value is -2.82. The van der Waals surface area contributed by atoms with E-state index in [0.29, 0.717) is 0 Å². The zero-order valence-corrected chi connectivity index (χ0v) is 13.3. The van der Waals surface area contributed by atoms with Crippen molar-refractivity contribution in [3.05, 3.63) is 65.2 Å². The Morgan fingerprint density at radius 3 is 2.13 bits per heavy atom. The average molecular weight is 312 g/mol. The Labute approximate surface area is 135 Å². The van der Waals surface area contributed by atoms with Gasteiger partial charge in [0.1, 0.15) is 5.75 Å². The maximum absolute atomic E-state index is 11.9. The van der Waals surface area contributed by atoms with Crippen LogP contribution in [0.5, 0.6) is 5.75 Å². The summed E-state index contributed by atoms with van der Waals surface area (Å²) >= 11 is 0. The molecule has 5 heteroatoms. The summed E-state index contributed by atoms with van der Waals surface area (Å²) in [5, 5.41) is 0. The minimum absolute atomic E-state index is 0.189. The number of hydrazine groups is 1. The Kier molecular flexibility index (Phi) is 5.74. The van der Waals surface area contributed by atoms with Crippen molar-refractivity contribution in [3.63, 3.8) is 0 Å². The van der Waals surface area contributed by atoms with E-state index < -0.39 is 0 Å². The molecule has 0 atom stereocenters. The van der Waals surface area contributed by atoms with Gasteiger partial charge in [0.25, 0.3) is 0 Å². The molecule has 2 N–H and O–H groups in total. The molecule has 2 rings (SSSR count). The third kappa shape index (κ3) is 5.14. The summed E-state index contributed by atoms with van der Waals surface area (Å²) < 4.78 is 5.06. The fraction of sp³-hybridized carbons (Fsp3) is 0.222. The van der Waals surface area contributed by atoms with Crippen molar-refractivity contribution in [2.75, 3.05) is 7.11 Å². The van der Waals surface area contributed by atoms with E-state index >= 15 is 0 Å². The molecule has 120 valence electrons. The van der Waals surface area contributed by atoms with Crippen LogP contribution >= 0.6 is 0 Å². The highest BCUT2D eigenvalue weighted by atomic mass is 16.5. The number of hydrogen-bond acceptors (Lipinski definition) is 3. The number of carbonyl (C=O) groups is 2. The van der Waals surface area contributed by atoms with E-state index in [0.717, 1.165) is 22.4 Å². The number of aryl methyl sites for hydroxylation is 1. The van der Waals surface area contributed by atoms with E-state index in [4.69, 9.17) is 4.74 Å². The number of methoxy groups -OCH3 is 1. The van der Waals surface area contributed by atoms with Crippen LogP contribution in [0.25, 0.3) is 0 Å². The summed E-state index contributed by atoms with van der Waals surface area (Å²) in [5.41, 5.74) is 7.70. The largest absolute Gasteiger partial charge is 0.497 e. The van der Waals surface area contributed by atoms with Gasteiger partial charge in [-0.05, 0) is 35.7 Å². The number of amides is 2. The van der Waals surface area contributed by atoms with Gasteiger partial charge in [-0.25, -0.2) is 0 Å². The Balaban J connectivity index is 1.79. The number of hydrogen-bond donors (Lipinski definition) is 2. The van der Waals surface area contributed by atoms with Crippen LogP contribution in [-0.4, -0.2) is 18.9 Å². The molecule has 2 aromatic carbocycles. The van der Waals surface area contributed by atoms with E-state index in [2.05, 4.69) is 10.9 Å². The second-order valence-electron chi connectivity index (χ2n) is 5.22. The number of nitrogens with one attached hydrogen (secondary N) is 2. The molecule has 0 fully saturated rings. The highest BCUT2D eigenvalue weighted by molar-refractivity contribution is 5.84. The summed E-state index contributed by atoms with van der Waals surface area (Å²) in [6.45, 7) is 1.95. The fourth-order valence-electron chi connectivity index (χ4n) is 2.14. The molecular weight excluding hydrogens is 292 g/mol. The zero-order chi connectivity index (χ0) is 16.7. The number of rotatable bonds is 5. The second-order valence-corrected chi connectivity index (χ2v) is 5.22. The van der Waals surface area contributed by atoms with Crippen molar-refractivity contribution < 1.29 is 14.3 Å². The van der Waals surface area contributed by atoms with Gasteiger partial charge in [0.15, 0.2) is 0 Å². The van der Waals surface area contributed by atoms with Crippen LogP contribution in [0.4, 0.5) is 0 Å². The average Bonchev–Trinajstić information content (AvgIpc) is 2.56. The topological polar surface area (TPSA) is 67.4 Å². The van der Waals surface area contributed by atoms with Gasteiger partial charge in [0.05, 0.1) is 20.0 Å². The minimum Gasteiger partial charge on any atom is -0.497 e. The Morgan fingerprint density at radius 2 is 1.52 bits per heavy atom. The van der Waals surface area contributed by atoms with Crippen molar-refractivity contribution in [1.82, 2.24) is 10.9 Å². The summed E-state index contributed by atoms with van der Waals surface area (Å²) in [7, 11) is 1.59. The van der Waals surface area contributed by atoms with Crippen LogP contribution < -0.4 is 15.6 Å². The van der Waals surface area contributed by atoms with Crippen molar-refractivity contribution in [1.29, 1.82) is 0 Å². The molecule has 0 saturated heterocycles. The molecule has 0 aliphatic carbocycles. The zero-order valence-electron chi connectivity index (χ0n) is 13.3. The number of ether oxygens (including phenoxy) is 1. The van der Waals surface area contributed by atoms with E-state index in [9.17, 15) is 9.59 Å². The van der Waals surface area contributed by atoms with E-state index in [1.807, 2.05) is 43.3 Å². The van der Waals surface area contributed by atoms with Gasteiger partial charge >= 0.3 is 0 Å². The first-order chi connectivity index (χ1) is 11.1. The predicted octanol–water partition coefficient (Wildman–Crippen LogP) is 1.94. The molecule has 0 aliphatic heterocycles. The van der Waals surface area contributed by atoms with Gasteiger partial charge in [-0.15, -0.1) is 0 Å². The highest BCUT2D eigenvalue weighted by Crippen LogP contribution is 2.11. The second kappa shape index (κ2) is 7.98. The summed E-state index contributed by atoms with van der Waals surface area (Å²) in [6.07, 6.45) is 0.421. The quantitative estimate of drug-likeness (QED) is 0.829. The third-order valence-corrected chi connectivity index (χ3v) is 3.48. The molecule has 5 nitrogen and oxygen atoms in total. The molecule has 0 saturated carbocycles. The Bertz CT molecular complexity index is 681. The van der Waals surface area contributed by atoms with Crippen LogP contribution in [0.15, 0.2) is 48.5 Å². The lowest BCUT2D eigenvalue weighted by Gasteiger charge is -2.09. The van der Waals surface area contributed by atoms with Gasteiger partial charge < -0.3 is 4.74 Å². The summed E-state index contributed by atoms with van der Waals surface area (Å²) in [6, 6.07) is 14.9. The molecule has 2 aromatic rings. The maximum atomic E-state index is 11.9. The predicted molar refractivity (Wildman–Crippen MR) is 87.9 cm³/mol. The lowest BCUT2D eigenvalue weighted by Crippen LogP contribution is -2.43. The molecule has 0 aliphatic rings. The normalized spacial score (nSPS) is 10.0. The van der Waals surface area contributed by atoms with Crippen LogP contribution in [0, 0.1) is 6.92 Å². The van der Waals surface area contributed by atoms with Gasteiger partial charge in [-0.1, -0.05) is 36.4 Å². The van der Waals surface area contributed by atoms with Crippen LogP contribution in [0.3, 0.4) is 0 Å². The number of benzene rings is 2. The molecule has 0 bridgehead atoms. The lowest BCUT2D eigenvalue weighted by molar-refractivity contribution is -0.128. The first-order valence-electron chi connectivity index (χ1n) is 7.33. The molecular formula is C18H20N2O3. The van der Waals surface area contributed by atoms with Crippen LogP contribution in [0.1, 0.15) is 16.7 Å². The van der Waals surface area contributed by atoms with Crippen molar-refractivity contribution in [2.45, 2.75) is 19.8 Å². The standard InChI is InChI=1S/C18H20N2O3/c1-13-5-3-4-6-15(13)12-18(22)20-19-17(21)11-14-7-9-16(23-2)10-8-14/h3-10H,11-12H2,1-2H3,(H,19,21)(H,20,22). The molecule has 23 heavy (non-hydrogen) atoms.